The van der Waals surface area contributed by atoms with E-state index in [0.29, 0.717) is 19.3 Å². The fraction of sp³-hybridized carbons (Fsp3) is 0.942. The third-order valence-corrected chi connectivity index (χ3v) is 12.4. The molecule has 344 valence electrons. The minimum atomic E-state index is -0.763. The molecule has 6 nitrogen and oxygen atoms in total. The highest BCUT2D eigenvalue weighted by molar-refractivity contribution is 5.71. The number of carbonyl (C=O) groups excluding carboxylic acids is 3. The largest absolute Gasteiger partial charge is 0.462 e. The second-order valence-electron chi connectivity index (χ2n) is 18.8. The van der Waals surface area contributed by atoms with Gasteiger partial charge >= 0.3 is 17.9 Å². The molecule has 0 aliphatic heterocycles. The Morgan fingerprint density at radius 2 is 0.603 bits per heavy atom. The zero-order chi connectivity index (χ0) is 42.7. The molecule has 6 heteroatoms. The Balaban J connectivity index is 4.34. The van der Waals surface area contributed by atoms with Gasteiger partial charge in [-0.1, -0.05) is 241 Å². The van der Waals surface area contributed by atoms with Crippen molar-refractivity contribution < 1.29 is 28.6 Å². The molecule has 0 aromatic rings. The normalized spacial score (nSPS) is 13.1. The fourth-order valence-electron chi connectivity index (χ4n) is 7.70. The molecule has 0 aromatic heterocycles. The summed E-state index contributed by atoms with van der Waals surface area (Å²) >= 11 is 0. The molecule has 58 heavy (non-hydrogen) atoms. The zero-order valence-electron chi connectivity index (χ0n) is 39.8. The standard InChI is InChI=1S/C52H100O6/c1-7-47(5)39-33-27-21-15-12-13-17-24-30-36-42-51(54)57-45-49(58-52(55)43-37-31-25-19-18-22-28-34-40-48(6)8-2)44-56-50(53)41-35-29-23-16-11-9-10-14-20-26-32-38-46(3)4/h46-49H,7-45H2,1-6H3/t47?,48?,49-/m0/s1. The molecule has 0 saturated carbocycles. The van der Waals surface area contributed by atoms with Crippen molar-refractivity contribution in [2.75, 3.05) is 13.2 Å². The third-order valence-electron chi connectivity index (χ3n) is 12.4. The van der Waals surface area contributed by atoms with E-state index in [1.165, 1.54) is 161 Å². The van der Waals surface area contributed by atoms with Crippen LogP contribution >= 0.6 is 0 Å². The maximum absolute atomic E-state index is 12.8. The molecule has 0 aliphatic rings. The van der Waals surface area contributed by atoms with E-state index >= 15 is 0 Å². The minimum absolute atomic E-state index is 0.0653. The van der Waals surface area contributed by atoms with Gasteiger partial charge in [-0.05, 0) is 37.0 Å². The molecule has 0 rings (SSSR count). The molecule has 0 spiro atoms. The van der Waals surface area contributed by atoms with E-state index < -0.39 is 6.10 Å². The monoisotopic (exact) mass is 821 g/mol. The predicted octanol–water partition coefficient (Wildman–Crippen LogP) is 16.4. The summed E-state index contributed by atoms with van der Waals surface area (Å²) < 4.78 is 16.8. The summed E-state index contributed by atoms with van der Waals surface area (Å²) in [7, 11) is 0. The Labute approximate surface area is 361 Å². The molecule has 3 atom stereocenters. The quantitative estimate of drug-likeness (QED) is 0.0346. The first-order chi connectivity index (χ1) is 28.2. The lowest BCUT2D eigenvalue weighted by Gasteiger charge is -2.18. The molecule has 0 saturated heterocycles. The Morgan fingerprint density at radius 3 is 0.897 bits per heavy atom. The van der Waals surface area contributed by atoms with Gasteiger partial charge in [-0.15, -0.1) is 0 Å². The van der Waals surface area contributed by atoms with E-state index in [9.17, 15) is 14.4 Å². The average molecular weight is 821 g/mol. The third kappa shape index (κ3) is 42.5. The number of hydrogen-bond donors (Lipinski definition) is 0. The number of rotatable bonds is 45. The van der Waals surface area contributed by atoms with Gasteiger partial charge in [0.15, 0.2) is 6.10 Å². The average Bonchev–Trinajstić information content (AvgIpc) is 3.21. The SMILES string of the molecule is CCC(C)CCCCCCCCCCCCC(=O)OC[C@H](COC(=O)CCCCCCCCCCCCCC(C)C)OC(=O)CCCCCCCCCCC(C)CC. The molecule has 0 aliphatic carbocycles. The van der Waals surface area contributed by atoms with Crippen molar-refractivity contribution in [3.63, 3.8) is 0 Å². The number of ether oxygens (including phenoxy) is 3. The van der Waals surface area contributed by atoms with Crippen LogP contribution in [0.25, 0.3) is 0 Å². The van der Waals surface area contributed by atoms with Gasteiger partial charge in [0.05, 0.1) is 0 Å². The fourth-order valence-corrected chi connectivity index (χ4v) is 7.70. The summed E-state index contributed by atoms with van der Waals surface area (Å²) in [5.41, 5.74) is 0. The van der Waals surface area contributed by atoms with E-state index in [0.717, 1.165) is 75.5 Å². The van der Waals surface area contributed by atoms with E-state index in [2.05, 4.69) is 41.5 Å². The Kier molecular flexibility index (Phi) is 42.3. The van der Waals surface area contributed by atoms with Crippen LogP contribution in [0.15, 0.2) is 0 Å². The number of unbranched alkanes of at least 4 members (excludes halogenated alkanes) is 26. The van der Waals surface area contributed by atoms with Crippen LogP contribution in [0, 0.1) is 17.8 Å². The molecule has 0 N–H and O–H groups in total. The van der Waals surface area contributed by atoms with Crippen molar-refractivity contribution in [3.8, 4) is 0 Å². The van der Waals surface area contributed by atoms with Crippen molar-refractivity contribution in [2.45, 2.75) is 285 Å². The lowest BCUT2D eigenvalue weighted by atomic mass is 9.99. The van der Waals surface area contributed by atoms with Gasteiger partial charge in [0.2, 0.25) is 0 Å². The Morgan fingerprint density at radius 1 is 0.345 bits per heavy atom. The van der Waals surface area contributed by atoms with Gasteiger partial charge in [0.25, 0.3) is 0 Å². The molecule has 0 amide bonds. The van der Waals surface area contributed by atoms with Crippen LogP contribution < -0.4 is 0 Å². The highest BCUT2D eigenvalue weighted by atomic mass is 16.6. The second-order valence-corrected chi connectivity index (χ2v) is 18.8. The first kappa shape index (κ1) is 56.4. The van der Waals surface area contributed by atoms with Crippen LogP contribution in [0.4, 0.5) is 0 Å². The minimum Gasteiger partial charge on any atom is -0.462 e. The maximum Gasteiger partial charge on any atom is 0.306 e. The molecular weight excluding hydrogens is 721 g/mol. The zero-order valence-corrected chi connectivity index (χ0v) is 39.8. The van der Waals surface area contributed by atoms with E-state index in [4.69, 9.17) is 14.2 Å². The summed E-state index contributed by atoms with van der Waals surface area (Å²) in [6.07, 6.45) is 42.2. The van der Waals surface area contributed by atoms with Gasteiger partial charge in [0, 0.05) is 19.3 Å². The lowest BCUT2D eigenvalue weighted by Crippen LogP contribution is -2.30. The summed E-state index contributed by atoms with van der Waals surface area (Å²) in [5.74, 6) is 1.69. The smallest absolute Gasteiger partial charge is 0.306 e. The second kappa shape index (κ2) is 43.5. The Bertz CT molecular complexity index is 902. The molecule has 0 aromatic carbocycles. The van der Waals surface area contributed by atoms with E-state index in [1.54, 1.807) is 0 Å². The summed E-state index contributed by atoms with van der Waals surface area (Å²) in [5, 5.41) is 0. The van der Waals surface area contributed by atoms with Crippen molar-refractivity contribution >= 4 is 17.9 Å². The lowest BCUT2D eigenvalue weighted by molar-refractivity contribution is -0.167. The molecule has 0 radical (unpaired) electrons. The van der Waals surface area contributed by atoms with Crippen LogP contribution in [-0.4, -0.2) is 37.2 Å². The van der Waals surface area contributed by atoms with Gasteiger partial charge in [-0.2, -0.15) is 0 Å². The van der Waals surface area contributed by atoms with Crippen LogP contribution in [0.3, 0.4) is 0 Å². The van der Waals surface area contributed by atoms with Gasteiger partial charge in [0.1, 0.15) is 13.2 Å². The first-order valence-corrected chi connectivity index (χ1v) is 25.7. The van der Waals surface area contributed by atoms with Gasteiger partial charge in [-0.3, -0.25) is 14.4 Å². The molecule has 0 bridgehead atoms. The summed E-state index contributed by atoms with van der Waals surface area (Å²) in [6, 6.07) is 0. The van der Waals surface area contributed by atoms with Crippen LogP contribution in [0.5, 0.6) is 0 Å². The number of hydrogen-bond acceptors (Lipinski definition) is 6. The van der Waals surface area contributed by atoms with Crippen LogP contribution in [0.2, 0.25) is 0 Å². The topological polar surface area (TPSA) is 78.9 Å². The predicted molar refractivity (Wildman–Crippen MR) is 247 cm³/mol. The van der Waals surface area contributed by atoms with Gasteiger partial charge < -0.3 is 14.2 Å². The van der Waals surface area contributed by atoms with Crippen LogP contribution in [0.1, 0.15) is 279 Å². The highest BCUT2D eigenvalue weighted by Crippen LogP contribution is 2.18. The van der Waals surface area contributed by atoms with E-state index in [1.807, 2.05) is 0 Å². The Hall–Kier alpha value is -1.59. The van der Waals surface area contributed by atoms with Crippen molar-refractivity contribution in [3.05, 3.63) is 0 Å². The van der Waals surface area contributed by atoms with Crippen molar-refractivity contribution in [2.24, 2.45) is 17.8 Å². The molecule has 2 unspecified atom stereocenters. The van der Waals surface area contributed by atoms with Crippen LogP contribution in [-0.2, 0) is 28.6 Å². The van der Waals surface area contributed by atoms with Crippen molar-refractivity contribution in [1.82, 2.24) is 0 Å². The molecule has 0 fully saturated rings. The first-order valence-electron chi connectivity index (χ1n) is 25.7. The molecular formula is C52H100O6. The maximum atomic E-state index is 12.8. The molecule has 0 heterocycles. The van der Waals surface area contributed by atoms with Crippen molar-refractivity contribution in [1.29, 1.82) is 0 Å². The summed E-state index contributed by atoms with van der Waals surface area (Å²) in [4.78, 5) is 37.9. The number of esters is 3. The summed E-state index contributed by atoms with van der Waals surface area (Å²) in [6.45, 7) is 13.7. The van der Waals surface area contributed by atoms with E-state index in [-0.39, 0.29) is 31.1 Å². The van der Waals surface area contributed by atoms with Gasteiger partial charge in [-0.25, -0.2) is 0 Å². The highest BCUT2D eigenvalue weighted by Gasteiger charge is 2.19. The number of carbonyl (C=O) groups is 3.